The van der Waals surface area contributed by atoms with Gasteiger partial charge in [-0.15, -0.1) is 15.3 Å². The Labute approximate surface area is 149 Å². The summed E-state index contributed by atoms with van der Waals surface area (Å²) in [4.78, 5) is 12.0. The molecule has 11 heteroatoms. The molecule has 0 spiro atoms. The zero-order chi connectivity index (χ0) is 18.7. The number of nitrogens with one attached hydrogen (secondary N) is 1. The van der Waals surface area contributed by atoms with Crippen LogP contribution in [-0.4, -0.2) is 37.3 Å². The molecule has 1 atom stereocenters. The molecule has 0 radical (unpaired) electrons. The van der Waals surface area contributed by atoms with Crippen molar-refractivity contribution in [2.75, 3.05) is 0 Å². The Bertz CT molecular complexity index is 892. The fourth-order valence-corrected chi connectivity index (χ4v) is 2.77. The quantitative estimate of drug-likeness (QED) is 0.733. The average molecular weight is 382 g/mol. The second kappa shape index (κ2) is 7.20. The fourth-order valence-electron chi connectivity index (χ4n) is 1.99. The molecule has 3 rings (SSSR count). The molecule has 0 aliphatic heterocycles. The molecule has 0 fully saturated rings. The van der Waals surface area contributed by atoms with Gasteiger partial charge in [-0.05, 0) is 6.92 Å². The number of halogens is 3. The summed E-state index contributed by atoms with van der Waals surface area (Å²) in [5.41, 5.74) is 0.709. The molecule has 26 heavy (non-hydrogen) atoms. The van der Waals surface area contributed by atoms with Crippen LogP contribution in [-0.2, 0) is 6.54 Å². The molecule has 7 nitrogen and oxygen atoms in total. The van der Waals surface area contributed by atoms with Gasteiger partial charge in [0.25, 0.3) is 5.91 Å². The molecule has 0 saturated carbocycles. The van der Waals surface area contributed by atoms with Crippen molar-refractivity contribution in [1.82, 2.24) is 30.5 Å². The van der Waals surface area contributed by atoms with Crippen molar-refractivity contribution in [3.05, 3.63) is 47.2 Å². The Morgan fingerprint density at radius 2 is 1.96 bits per heavy atom. The van der Waals surface area contributed by atoms with Crippen LogP contribution in [0.5, 0.6) is 0 Å². The van der Waals surface area contributed by atoms with Gasteiger partial charge in [-0.3, -0.25) is 4.79 Å². The highest BCUT2D eigenvalue weighted by atomic mass is 32.1. The highest BCUT2D eigenvalue weighted by Gasteiger charge is 2.38. The van der Waals surface area contributed by atoms with Gasteiger partial charge in [0, 0.05) is 5.56 Å². The molecule has 1 aromatic carbocycles. The number of nitrogens with zero attached hydrogens (tertiary/aromatic N) is 5. The Morgan fingerprint density at radius 3 is 2.65 bits per heavy atom. The third-order valence-electron chi connectivity index (χ3n) is 3.50. The van der Waals surface area contributed by atoms with Gasteiger partial charge in [0.2, 0.25) is 0 Å². The van der Waals surface area contributed by atoms with Crippen LogP contribution in [0.1, 0.15) is 28.5 Å². The van der Waals surface area contributed by atoms with Crippen LogP contribution in [0.4, 0.5) is 13.2 Å². The first kappa shape index (κ1) is 18.0. The van der Waals surface area contributed by atoms with Crippen molar-refractivity contribution in [1.29, 1.82) is 0 Å². The predicted octanol–water partition coefficient (Wildman–Crippen LogP) is 2.85. The Hall–Kier alpha value is -2.82. The minimum atomic E-state index is -4.47. The summed E-state index contributed by atoms with van der Waals surface area (Å²) < 4.78 is 38.6. The van der Waals surface area contributed by atoms with Crippen LogP contribution >= 0.6 is 11.3 Å². The topological polar surface area (TPSA) is 85.6 Å². The highest BCUT2D eigenvalue weighted by molar-refractivity contribution is 7.14. The SMILES string of the molecule is CC(n1cc(C(=O)NCc2nnc(-c3ccccc3)s2)nn1)C(F)(F)F. The third kappa shape index (κ3) is 4.04. The van der Waals surface area contributed by atoms with Crippen LogP contribution in [0.25, 0.3) is 10.6 Å². The van der Waals surface area contributed by atoms with Crippen molar-refractivity contribution in [3.63, 3.8) is 0 Å². The highest BCUT2D eigenvalue weighted by Crippen LogP contribution is 2.29. The zero-order valence-electron chi connectivity index (χ0n) is 13.4. The molecule has 0 bridgehead atoms. The number of alkyl halides is 3. The number of carbonyl (C=O) groups excluding carboxylic acids is 1. The van der Waals surface area contributed by atoms with Gasteiger partial charge in [-0.2, -0.15) is 13.2 Å². The molecular weight excluding hydrogens is 369 g/mol. The number of hydrogen-bond donors (Lipinski definition) is 1. The Kier molecular flexibility index (Phi) is 4.98. The molecule has 0 aliphatic rings. The molecule has 0 aliphatic carbocycles. The molecule has 1 N–H and O–H groups in total. The monoisotopic (exact) mass is 382 g/mol. The van der Waals surface area contributed by atoms with E-state index < -0.39 is 18.1 Å². The van der Waals surface area contributed by atoms with Crippen molar-refractivity contribution >= 4 is 17.2 Å². The summed E-state index contributed by atoms with van der Waals surface area (Å²) in [7, 11) is 0. The first-order valence-corrected chi connectivity index (χ1v) is 8.31. The molecule has 2 heterocycles. The Morgan fingerprint density at radius 1 is 1.23 bits per heavy atom. The maximum atomic E-state index is 12.7. The summed E-state index contributed by atoms with van der Waals surface area (Å²) in [5, 5.41) is 18.7. The van der Waals surface area contributed by atoms with E-state index in [9.17, 15) is 18.0 Å². The second-order valence-electron chi connectivity index (χ2n) is 5.35. The molecule has 3 aromatic rings. The van der Waals surface area contributed by atoms with E-state index in [1.807, 2.05) is 30.3 Å². The molecule has 1 unspecified atom stereocenters. The lowest BCUT2D eigenvalue weighted by Crippen LogP contribution is -2.24. The molecule has 0 saturated heterocycles. The van der Waals surface area contributed by atoms with E-state index in [0.29, 0.717) is 14.7 Å². The standard InChI is InChI=1S/C15H13F3N6OS/c1-9(15(16,17)18)24-8-11(20-23-24)13(25)19-7-12-21-22-14(26-12)10-5-3-2-4-6-10/h2-6,8-9H,7H2,1H3,(H,19,25). The maximum Gasteiger partial charge on any atom is 0.410 e. The lowest BCUT2D eigenvalue weighted by Gasteiger charge is -2.14. The molecule has 2 aromatic heterocycles. The summed E-state index contributed by atoms with van der Waals surface area (Å²) >= 11 is 1.31. The zero-order valence-corrected chi connectivity index (χ0v) is 14.3. The van der Waals surface area contributed by atoms with Crippen LogP contribution in [0.3, 0.4) is 0 Å². The van der Waals surface area contributed by atoms with E-state index in [2.05, 4.69) is 25.8 Å². The van der Waals surface area contributed by atoms with E-state index in [-0.39, 0.29) is 12.2 Å². The summed E-state index contributed by atoms with van der Waals surface area (Å²) in [6.07, 6.45) is -3.51. The minimum Gasteiger partial charge on any atom is -0.344 e. The van der Waals surface area contributed by atoms with Gasteiger partial charge in [0.15, 0.2) is 5.69 Å². The predicted molar refractivity (Wildman–Crippen MR) is 87.3 cm³/mol. The van der Waals surface area contributed by atoms with Crippen LogP contribution in [0, 0.1) is 0 Å². The fraction of sp³-hybridized carbons (Fsp3) is 0.267. The number of benzene rings is 1. The molecule has 1 amide bonds. The minimum absolute atomic E-state index is 0.0883. The molecule has 136 valence electrons. The first-order chi connectivity index (χ1) is 12.3. The molecular formula is C15H13F3N6OS. The third-order valence-corrected chi connectivity index (χ3v) is 4.47. The van der Waals surface area contributed by atoms with E-state index in [0.717, 1.165) is 18.7 Å². The normalized spacial score (nSPS) is 12.8. The van der Waals surface area contributed by atoms with Crippen molar-refractivity contribution in [3.8, 4) is 10.6 Å². The number of carbonyl (C=O) groups is 1. The van der Waals surface area contributed by atoms with Crippen LogP contribution in [0.15, 0.2) is 36.5 Å². The van der Waals surface area contributed by atoms with Crippen molar-refractivity contribution in [2.24, 2.45) is 0 Å². The van der Waals surface area contributed by atoms with E-state index in [4.69, 9.17) is 0 Å². The number of hydrogen-bond acceptors (Lipinski definition) is 6. The van der Waals surface area contributed by atoms with Gasteiger partial charge < -0.3 is 5.32 Å². The number of rotatable bonds is 5. The second-order valence-corrected chi connectivity index (χ2v) is 6.41. The lowest BCUT2D eigenvalue weighted by atomic mass is 10.2. The van der Waals surface area contributed by atoms with E-state index >= 15 is 0 Å². The van der Waals surface area contributed by atoms with Crippen LogP contribution < -0.4 is 5.32 Å². The summed E-state index contributed by atoms with van der Waals surface area (Å²) in [6, 6.07) is 7.56. The van der Waals surface area contributed by atoms with Gasteiger partial charge in [0.1, 0.15) is 16.1 Å². The van der Waals surface area contributed by atoms with Gasteiger partial charge >= 0.3 is 6.18 Å². The smallest absolute Gasteiger partial charge is 0.344 e. The average Bonchev–Trinajstić information content (AvgIpc) is 3.28. The van der Waals surface area contributed by atoms with Gasteiger partial charge in [-0.1, -0.05) is 46.9 Å². The van der Waals surface area contributed by atoms with Crippen LogP contribution in [0.2, 0.25) is 0 Å². The van der Waals surface area contributed by atoms with Gasteiger partial charge in [0.05, 0.1) is 12.7 Å². The Balaban J connectivity index is 1.61. The van der Waals surface area contributed by atoms with E-state index in [1.54, 1.807) is 0 Å². The lowest BCUT2D eigenvalue weighted by molar-refractivity contribution is -0.165. The maximum absolute atomic E-state index is 12.7. The van der Waals surface area contributed by atoms with Crippen molar-refractivity contribution in [2.45, 2.75) is 25.7 Å². The summed E-state index contributed by atoms with van der Waals surface area (Å²) in [6.45, 7) is 1.02. The van der Waals surface area contributed by atoms with Gasteiger partial charge in [-0.25, -0.2) is 4.68 Å². The van der Waals surface area contributed by atoms with Crippen molar-refractivity contribution < 1.29 is 18.0 Å². The summed E-state index contributed by atoms with van der Waals surface area (Å²) in [5.74, 6) is -0.637. The largest absolute Gasteiger partial charge is 0.410 e. The number of amides is 1. The first-order valence-electron chi connectivity index (χ1n) is 7.49. The van der Waals surface area contributed by atoms with E-state index in [1.165, 1.54) is 11.3 Å². The number of aromatic nitrogens is 5.